The number of halogens is 2. The van der Waals surface area contributed by atoms with E-state index < -0.39 is 0 Å². The van der Waals surface area contributed by atoms with Crippen molar-refractivity contribution in [3.8, 4) is 5.75 Å². The van der Waals surface area contributed by atoms with E-state index in [2.05, 4.69) is 10.2 Å². The van der Waals surface area contributed by atoms with Crippen LogP contribution in [0.3, 0.4) is 0 Å². The summed E-state index contributed by atoms with van der Waals surface area (Å²) >= 11 is 12.2. The van der Waals surface area contributed by atoms with Crippen molar-refractivity contribution >= 4 is 23.2 Å². The SMILES string of the molecule is Oc1c(Cl)cc(Cl)cc1[C@@H](C1CCC1)N1CCNCC1. The first-order chi connectivity index (χ1) is 9.66. The lowest BCUT2D eigenvalue weighted by molar-refractivity contribution is 0.0819. The van der Waals surface area contributed by atoms with E-state index in [1.165, 1.54) is 19.3 Å². The van der Waals surface area contributed by atoms with Gasteiger partial charge in [0, 0.05) is 42.8 Å². The minimum Gasteiger partial charge on any atom is -0.506 e. The Hall–Kier alpha value is -0.480. The molecular formula is C15H20Cl2N2O. The molecule has 0 bridgehead atoms. The average molecular weight is 315 g/mol. The van der Waals surface area contributed by atoms with Gasteiger partial charge in [-0.15, -0.1) is 0 Å². The van der Waals surface area contributed by atoms with Crippen LogP contribution < -0.4 is 5.32 Å². The van der Waals surface area contributed by atoms with Gasteiger partial charge in [0.15, 0.2) is 0 Å². The van der Waals surface area contributed by atoms with Crippen LogP contribution in [0.2, 0.25) is 10.0 Å². The van der Waals surface area contributed by atoms with Gasteiger partial charge in [-0.05, 0) is 30.9 Å². The summed E-state index contributed by atoms with van der Waals surface area (Å²) in [5.74, 6) is 0.806. The van der Waals surface area contributed by atoms with Gasteiger partial charge in [-0.1, -0.05) is 29.6 Å². The fraction of sp³-hybridized carbons (Fsp3) is 0.600. The van der Waals surface area contributed by atoms with E-state index in [1.54, 1.807) is 6.07 Å². The number of rotatable bonds is 3. The zero-order chi connectivity index (χ0) is 14.1. The number of phenolic OH excluding ortho intramolecular Hbond substituents is 1. The molecular weight excluding hydrogens is 295 g/mol. The Morgan fingerprint density at radius 1 is 1.20 bits per heavy atom. The molecule has 5 heteroatoms. The number of hydrogen-bond acceptors (Lipinski definition) is 3. The van der Waals surface area contributed by atoms with Crippen LogP contribution in [0, 0.1) is 5.92 Å². The predicted octanol–water partition coefficient (Wildman–Crippen LogP) is 3.45. The number of hydrogen-bond donors (Lipinski definition) is 2. The van der Waals surface area contributed by atoms with E-state index in [4.69, 9.17) is 23.2 Å². The van der Waals surface area contributed by atoms with Crippen LogP contribution in [0.5, 0.6) is 5.75 Å². The first-order valence-electron chi connectivity index (χ1n) is 7.29. The maximum Gasteiger partial charge on any atom is 0.139 e. The van der Waals surface area contributed by atoms with Crippen LogP contribution in [-0.2, 0) is 0 Å². The van der Waals surface area contributed by atoms with Crippen LogP contribution in [0.15, 0.2) is 12.1 Å². The molecule has 110 valence electrons. The Labute approximate surface area is 129 Å². The minimum absolute atomic E-state index is 0.200. The van der Waals surface area contributed by atoms with Crippen LogP contribution in [-0.4, -0.2) is 36.2 Å². The molecule has 0 aromatic heterocycles. The van der Waals surface area contributed by atoms with Crippen molar-refractivity contribution in [1.29, 1.82) is 0 Å². The Bertz CT molecular complexity index is 485. The number of aromatic hydroxyl groups is 1. The number of nitrogens with one attached hydrogen (secondary N) is 1. The summed E-state index contributed by atoms with van der Waals surface area (Å²) in [7, 11) is 0. The Morgan fingerprint density at radius 2 is 1.90 bits per heavy atom. The third-order valence-corrected chi connectivity index (χ3v) is 5.02. The minimum atomic E-state index is 0.200. The van der Waals surface area contributed by atoms with E-state index in [0.29, 0.717) is 16.0 Å². The molecule has 3 rings (SSSR count). The zero-order valence-corrected chi connectivity index (χ0v) is 12.9. The van der Waals surface area contributed by atoms with Crippen molar-refractivity contribution in [3.63, 3.8) is 0 Å². The van der Waals surface area contributed by atoms with Gasteiger partial charge in [-0.25, -0.2) is 0 Å². The number of benzene rings is 1. The van der Waals surface area contributed by atoms with Crippen LogP contribution in [0.25, 0.3) is 0 Å². The monoisotopic (exact) mass is 314 g/mol. The first-order valence-corrected chi connectivity index (χ1v) is 8.05. The standard InChI is InChI=1S/C15H20Cl2N2O/c16-11-8-12(15(20)13(17)9-11)14(10-2-1-3-10)19-6-4-18-5-7-19/h8-10,14,18,20H,1-7H2/t14-/m1/s1. The number of phenols is 1. The summed E-state index contributed by atoms with van der Waals surface area (Å²) < 4.78 is 0. The molecule has 20 heavy (non-hydrogen) atoms. The summed E-state index contributed by atoms with van der Waals surface area (Å²) in [6, 6.07) is 3.73. The van der Waals surface area contributed by atoms with Crippen LogP contribution in [0.1, 0.15) is 30.9 Å². The second kappa shape index (κ2) is 6.10. The molecule has 1 saturated heterocycles. The van der Waals surface area contributed by atoms with Crippen LogP contribution >= 0.6 is 23.2 Å². The molecule has 3 nitrogen and oxygen atoms in total. The van der Waals surface area contributed by atoms with Crippen LogP contribution in [0.4, 0.5) is 0 Å². The number of nitrogens with zero attached hydrogens (tertiary/aromatic N) is 1. The molecule has 1 atom stereocenters. The van der Waals surface area contributed by atoms with Crippen molar-refractivity contribution in [2.75, 3.05) is 26.2 Å². The van der Waals surface area contributed by atoms with E-state index >= 15 is 0 Å². The topological polar surface area (TPSA) is 35.5 Å². The van der Waals surface area contributed by atoms with Crippen molar-refractivity contribution < 1.29 is 5.11 Å². The van der Waals surface area contributed by atoms with Gasteiger partial charge < -0.3 is 10.4 Å². The lowest BCUT2D eigenvalue weighted by Crippen LogP contribution is -2.47. The molecule has 2 fully saturated rings. The van der Waals surface area contributed by atoms with Gasteiger partial charge >= 0.3 is 0 Å². The highest BCUT2D eigenvalue weighted by atomic mass is 35.5. The van der Waals surface area contributed by atoms with Crippen molar-refractivity contribution in [3.05, 3.63) is 27.7 Å². The molecule has 0 radical (unpaired) electrons. The Kier molecular flexibility index (Phi) is 4.41. The fourth-order valence-electron chi connectivity index (χ4n) is 3.28. The van der Waals surface area contributed by atoms with Crippen molar-refractivity contribution in [2.24, 2.45) is 5.92 Å². The molecule has 2 N–H and O–H groups in total. The summed E-state index contributed by atoms with van der Waals surface area (Å²) in [6.07, 6.45) is 3.72. The lowest BCUT2D eigenvalue weighted by atomic mass is 9.76. The fourth-order valence-corrected chi connectivity index (χ4v) is 3.79. The van der Waals surface area contributed by atoms with E-state index in [1.807, 2.05) is 6.07 Å². The maximum atomic E-state index is 10.4. The summed E-state index contributed by atoms with van der Waals surface area (Å²) in [6.45, 7) is 4.01. The molecule has 1 aromatic carbocycles. The first kappa shape index (κ1) is 14.5. The van der Waals surface area contributed by atoms with Gasteiger partial charge in [0.25, 0.3) is 0 Å². The smallest absolute Gasteiger partial charge is 0.139 e. The lowest BCUT2D eigenvalue weighted by Gasteiger charge is -2.43. The molecule has 1 aliphatic carbocycles. The van der Waals surface area contributed by atoms with Crippen molar-refractivity contribution in [1.82, 2.24) is 10.2 Å². The van der Waals surface area contributed by atoms with E-state index in [0.717, 1.165) is 31.7 Å². The quantitative estimate of drug-likeness (QED) is 0.897. The Balaban J connectivity index is 1.96. The molecule has 1 aromatic rings. The highest BCUT2D eigenvalue weighted by Gasteiger charge is 2.35. The summed E-state index contributed by atoms with van der Waals surface area (Å²) in [5.41, 5.74) is 0.897. The Morgan fingerprint density at radius 3 is 2.50 bits per heavy atom. The molecule has 1 heterocycles. The summed E-state index contributed by atoms with van der Waals surface area (Å²) in [5, 5.41) is 14.7. The largest absolute Gasteiger partial charge is 0.506 e. The molecule has 0 unspecified atom stereocenters. The third kappa shape index (κ3) is 2.77. The molecule has 1 saturated carbocycles. The molecule has 1 aliphatic heterocycles. The second-order valence-electron chi connectivity index (χ2n) is 5.75. The highest BCUT2D eigenvalue weighted by Crippen LogP contribution is 2.46. The average Bonchev–Trinajstić information content (AvgIpc) is 2.39. The van der Waals surface area contributed by atoms with E-state index in [9.17, 15) is 5.11 Å². The maximum absolute atomic E-state index is 10.4. The van der Waals surface area contributed by atoms with Gasteiger partial charge in [0.2, 0.25) is 0 Å². The predicted molar refractivity (Wildman–Crippen MR) is 82.7 cm³/mol. The van der Waals surface area contributed by atoms with Gasteiger partial charge in [-0.2, -0.15) is 0 Å². The second-order valence-corrected chi connectivity index (χ2v) is 6.59. The van der Waals surface area contributed by atoms with Gasteiger partial charge in [0.05, 0.1) is 5.02 Å². The molecule has 0 spiro atoms. The molecule has 0 amide bonds. The van der Waals surface area contributed by atoms with Gasteiger partial charge in [-0.3, -0.25) is 4.90 Å². The van der Waals surface area contributed by atoms with Crippen molar-refractivity contribution in [2.45, 2.75) is 25.3 Å². The zero-order valence-electron chi connectivity index (χ0n) is 11.4. The normalized spacial score (nSPS) is 22.5. The highest BCUT2D eigenvalue weighted by molar-refractivity contribution is 6.35. The number of piperazine rings is 1. The summed E-state index contributed by atoms with van der Waals surface area (Å²) in [4.78, 5) is 2.46. The van der Waals surface area contributed by atoms with E-state index in [-0.39, 0.29) is 11.8 Å². The molecule has 2 aliphatic rings. The van der Waals surface area contributed by atoms with Gasteiger partial charge in [0.1, 0.15) is 5.75 Å². The third-order valence-electron chi connectivity index (χ3n) is 4.52.